The van der Waals surface area contributed by atoms with Gasteiger partial charge in [0.25, 0.3) is 0 Å². The molecule has 0 aromatic carbocycles. The zero-order chi connectivity index (χ0) is 11.5. The molecule has 0 unspecified atom stereocenters. The summed E-state index contributed by atoms with van der Waals surface area (Å²) in [6, 6.07) is 0. The molecular weight excluding hydrogens is 218 g/mol. The summed E-state index contributed by atoms with van der Waals surface area (Å²) in [7, 11) is -1.34. The van der Waals surface area contributed by atoms with Crippen molar-refractivity contribution in [3.8, 4) is 0 Å². The fourth-order valence-electron chi connectivity index (χ4n) is 1.15. The molecule has 0 radical (unpaired) electrons. The van der Waals surface area contributed by atoms with E-state index in [4.69, 9.17) is 0 Å². The molecule has 1 heterocycles. The van der Waals surface area contributed by atoms with Crippen molar-refractivity contribution < 1.29 is 8.42 Å². The van der Waals surface area contributed by atoms with Crippen molar-refractivity contribution >= 4 is 9.84 Å². The number of hydrogen-bond donors (Lipinski definition) is 0. The molecule has 0 fully saturated rings. The second-order valence-corrected chi connectivity index (χ2v) is 5.81. The Morgan fingerprint density at radius 1 is 1.47 bits per heavy atom. The Kier molecular flexibility index (Phi) is 3.67. The van der Waals surface area contributed by atoms with Gasteiger partial charge in [-0.05, 0) is 6.42 Å². The number of rotatable bonds is 5. The number of aromatic nitrogens is 3. The van der Waals surface area contributed by atoms with Gasteiger partial charge >= 0.3 is 5.69 Å². The van der Waals surface area contributed by atoms with Gasteiger partial charge in [0.15, 0.2) is 0 Å². The number of sulfone groups is 1. The molecule has 0 spiro atoms. The lowest BCUT2D eigenvalue weighted by atomic mass is 10.5. The van der Waals surface area contributed by atoms with Crippen LogP contribution in [0.2, 0.25) is 0 Å². The largest absolute Gasteiger partial charge is 0.345 e. The van der Waals surface area contributed by atoms with Gasteiger partial charge in [-0.3, -0.25) is 4.57 Å². The molecule has 1 aromatic rings. The third-order valence-corrected chi connectivity index (χ3v) is 3.94. The summed E-state index contributed by atoms with van der Waals surface area (Å²) in [5.41, 5.74) is -0.219. The van der Waals surface area contributed by atoms with Crippen LogP contribution in [0.1, 0.15) is 13.3 Å². The van der Waals surface area contributed by atoms with Crippen molar-refractivity contribution in [3.05, 3.63) is 16.8 Å². The molecule has 6 nitrogen and oxygen atoms in total. The maximum atomic E-state index is 11.3. The Labute approximate surface area is 88.4 Å². The van der Waals surface area contributed by atoms with E-state index in [0.717, 1.165) is 0 Å². The average Bonchev–Trinajstić information content (AvgIpc) is 2.49. The van der Waals surface area contributed by atoms with Gasteiger partial charge < -0.3 is 0 Å². The van der Waals surface area contributed by atoms with Gasteiger partial charge in [0.2, 0.25) is 0 Å². The Morgan fingerprint density at radius 3 is 2.60 bits per heavy atom. The molecule has 15 heavy (non-hydrogen) atoms. The molecule has 0 saturated carbocycles. The Morgan fingerprint density at radius 2 is 2.13 bits per heavy atom. The van der Waals surface area contributed by atoms with Gasteiger partial charge in [-0.1, -0.05) is 6.92 Å². The van der Waals surface area contributed by atoms with E-state index in [2.05, 4.69) is 5.10 Å². The van der Waals surface area contributed by atoms with E-state index in [-0.39, 0.29) is 17.2 Å². The van der Waals surface area contributed by atoms with Crippen molar-refractivity contribution in [2.75, 3.05) is 11.5 Å². The van der Waals surface area contributed by atoms with Crippen LogP contribution in [0.4, 0.5) is 0 Å². The van der Waals surface area contributed by atoms with E-state index < -0.39 is 9.84 Å². The molecule has 0 atom stereocenters. The Hall–Kier alpha value is -1.11. The van der Waals surface area contributed by atoms with E-state index in [1.54, 1.807) is 14.0 Å². The average molecular weight is 233 g/mol. The lowest BCUT2D eigenvalue weighted by Crippen LogP contribution is -2.24. The van der Waals surface area contributed by atoms with Gasteiger partial charge in [0.05, 0.1) is 5.75 Å². The molecule has 0 N–H and O–H groups in total. The second-order valence-electron chi connectivity index (χ2n) is 3.34. The van der Waals surface area contributed by atoms with Crippen LogP contribution in [-0.2, 0) is 23.4 Å². The molecule has 1 aromatic heterocycles. The molecule has 0 aliphatic rings. The highest BCUT2D eigenvalue weighted by atomic mass is 32.2. The van der Waals surface area contributed by atoms with Crippen LogP contribution in [0.15, 0.2) is 11.1 Å². The standard InChI is InChI=1S/C8H15N3O3S/c1-3-15(13,14)6-4-5-11-8(12)10(2)7-9-11/h7H,3-6H2,1-2H3. The molecule has 0 aliphatic carbocycles. The second kappa shape index (κ2) is 4.61. The van der Waals surface area contributed by atoms with Crippen LogP contribution in [0, 0.1) is 0 Å². The predicted octanol–water partition coefficient (Wildman–Crippen LogP) is -0.593. The van der Waals surface area contributed by atoms with Gasteiger partial charge in [0.1, 0.15) is 16.2 Å². The zero-order valence-electron chi connectivity index (χ0n) is 8.88. The fraction of sp³-hybridized carbons (Fsp3) is 0.750. The molecule has 0 aliphatic heterocycles. The molecule has 7 heteroatoms. The van der Waals surface area contributed by atoms with E-state index in [1.807, 2.05) is 0 Å². The van der Waals surface area contributed by atoms with E-state index >= 15 is 0 Å². The summed E-state index contributed by atoms with van der Waals surface area (Å²) in [5, 5.41) is 3.83. The maximum absolute atomic E-state index is 11.3. The Bertz CT molecular complexity index is 472. The molecule has 0 saturated heterocycles. The molecule has 1 rings (SSSR count). The first-order valence-corrected chi connectivity index (χ1v) is 6.57. The lowest BCUT2D eigenvalue weighted by molar-refractivity contribution is 0.559. The topological polar surface area (TPSA) is 74.0 Å². The normalized spacial score (nSPS) is 11.9. The SMILES string of the molecule is CCS(=O)(=O)CCCn1ncn(C)c1=O. The van der Waals surface area contributed by atoms with E-state index in [1.165, 1.54) is 15.6 Å². The maximum Gasteiger partial charge on any atom is 0.345 e. The first-order valence-electron chi connectivity index (χ1n) is 4.75. The summed E-state index contributed by atoms with van der Waals surface area (Å²) in [6.45, 7) is 1.96. The highest BCUT2D eigenvalue weighted by Crippen LogP contribution is 1.94. The monoisotopic (exact) mass is 233 g/mol. The minimum atomic E-state index is -2.95. The molecule has 0 amide bonds. The summed E-state index contributed by atoms with van der Waals surface area (Å²) >= 11 is 0. The number of hydrogen-bond acceptors (Lipinski definition) is 4. The first kappa shape index (κ1) is 12.0. The van der Waals surface area contributed by atoms with Crippen molar-refractivity contribution in [2.45, 2.75) is 19.9 Å². The molecule has 0 bridgehead atoms. The smallest absolute Gasteiger partial charge is 0.285 e. The van der Waals surface area contributed by atoms with Crippen molar-refractivity contribution in [1.82, 2.24) is 14.3 Å². The minimum absolute atomic E-state index is 0.104. The third-order valence-electron chi connectivity index (χ3n) is 2.15. The van der Waals surface area contributed by atoms with Gasteiger partial charge in [-0.2, -0.15) is 5.10 Å². The van der Waals surface area contributed by atoms with Crippen molar-refractivity contribution in [3.63, 3.8) is 0 Å². The first-order chi connectivity index (χ1) is 6.96. The van der Waals surface area contributed by atoms with Crippen LogP contribution < -0.4 is 5.69 Å². The summed E-state index contributed by atoms with van der Waals surface area (Å²) < 4.78 is 25.0. The highest BCUT2D eigenvalue weighted by Gasteiger charge is 2.08. The summed E-state index contributed by atoms with van der Waals surface area (Å²) in [5.74, 6) is 0.247. The van der Waals surface area contributed by atoms with Crippen LogP contribution in [-0.4, -0.2) is 34.3 Å². The molecular formula is C8H15N3O3S. The number of aryl methyl sites for hydroxylation is 2. The highest BCUT2D eigenvalue weighted by molar-refractivity contribution is 7.91. The summed E-state index contributed by atoms with van der Waals surface area (Å²) in [4.78, 5) is 11.3. The molecule has 86 valence electrons. The minimum Gasteiger partial charge on any atom is -0.285 e. The summed E-state index contributed by atoms with van der Waals surface area (Å²) in [6.07, 6.45) is 1.84. The van der Waals surface area contributed by atoms with Gasteiger partial charge in [-0.15, -0.1) is 0 Å². The van der Waals surface area contributed by atoms with Gasteiger partial charge in [-0.25, -0.2) is 17.9 Å². The van der Waals surface area contributed by atoms with Crippen LogP contribution in [0.25, 0.3) is 0 Å². The van der Waals surface area contributed by atoms with Gasteiger partial charge in [0, 0.05) is 19.3 Å². The van der Waals surface area contributed by atoms with E-state index in [9.17, 15) is 13.2 Å². The Balaban J connectivity index is 2.53. The fourth-order valence-corrected chi connectivity index (χ4v) is 2.01. The van der Waals surface area contributed by atoms with Crippen LogP contribution in [0.5, 0.6) is 0 Å². The third kappa shape index (κ3) is 3.19. The van der Waals surface area contributed by atoms with E-state index in [0.29, 0.717) is 13.0 Å². The van der Waals surface area contributed by atoms with Crippen molar-refractivity contribution in [1.29, 1.82) is 0 Å². The number of nitrogens with zero attached hydrogens (tertiary/aromatic N) is 3. The zero-order valence-corrected chi connectivity index (χ0v) is 9.70. The van der Waals surface area contributed by atoms with Crippen LogP contribution in [0.3, 0.4) is 0 Å². The predicted molar refractivity (Wildman–Crippen MR) is 56.4 cm³/mol. The lowest BCUT2D eigenvalue weighted by Gasteiger charge is -2.00. The van der Waals surface area contributed by atoms with Crippen molar-refractivity contribution in [2.24, 2.45) is 7.05 Å². The van der Waals surface area contributed by atoms with Crippen LogP contribution >= 0.6 is 0 Å². The quantitative estimate of drug-likeness (QED) is 0.681.